The van der Waals surface area contributed by atoms with E-state index < -0.39 is 0 Å². The Bertz CT molecular complexity index is 155. The first-order valence-electron chi connectivity index (χ1n) is 5.60. The Kier molecular flexibility index (Phi) is 5.42. The summed E-state index contributed by atoms with van der Waals surface area (Å²) < 4.78 is 0. The molecule has 1 aliphatic rings. The number of aliphatic hydroxyl groups is 1. The lowest BCUT2D eigenvalue weighted by atomic mass is 9.92. The second-order valence-electron chi connectivity index (χ2n) is 4.64. The molecule has 1 heterocycles. The lowest BCUT2D eigenvalue weighted by molar-refractivity contribution is 0.0685. The number of hydrogen-bond donors (Lipinski definition) is 1. The Morgan fingerprint density at radius 2 is 1.93 bits per heavy atom. The Hall–Kier alpha value is 0.400. The molecular weight excluding hydrogens is 242 g/mol. The second-order valence-corrected chi connectivity index (χ2v) is 5.29. The van der Waals surface area contributed by atoms with Crippen molar-refractivity contribution in [3.63, 3.8) is 0 Å². The van der Waals surface area contributed by atoms with Crippen molar-refractivity contribution in [2.24, 2.45) is 11.8 Å². The van der Waals surface area contributed by atoms with Crippen LogP contribution in [0.5, 0.6) is 0 Å². The van der Waals surface area contributed by atoms with Gasteiger partial charge in [-0.3, -0.25) is 0 Å². The van der Waals surface area contributed by atoms with Gasteiger partial charge in [-0.2, -0.15) is 0 Å². The number of rotatable bonds is 4. The summed E-state index contributed by atoms with van der Waals surface area (Å²) in [4.78, 5) is 2.52. The van der Waals surface area contributed by atoms with Crippen molar-refractivity contribution in [2.45, 2.75) is 32.8 Å². The van der Waals surface area contributed by atoms with Gasteiger partial charge < -0.3 is 10.0 Å². The van der Waals surface area contributed by atoms with Crippen LogP contribution in [0.25, 0.3) is 0 Å². The van der Waals surface area contributed by atoms with Crippen LogP contribution in [0.4, 0.5) is 0 Å². The number of hydrogen-bond acceptors (Lipinski definition) is 2. The van der Waals surface area contributed by atoms with Crippen molar-refractivity contribution < 1.29 is 5.11 Å². The highest BCUT2D eigenvalue weighted by Gasteiger charge is 2.22. The van der Waals surface area contributed by atoms with E-state index >= 15 is 0 Å². The SMILES string of the molecule is CC(CBr)CN1CCC(C(C)O)CC1. The van der Waals surface area contributed by atoms with E-state index in [0.717, 1.165) is 37.2 Å². The summed E-state index contributed by atoms with van der Waals surface area (Å²) in [6.07, 6.45) is 2.20. The van der Waals surface area contributed by atoms with E-state index in [-0.39, 0.29) is 6.10 Å². The smallest absolute Gasteiger partial charge is 0.0541 e. The van der Waals surface area contributed by atoms with E-state index in [9.17, 15) is 5.11 Å². The number of alkyl halides is 1. The van der Waals surface area contributed by atoms with Crippen LogP contribution in [0.1, 0.15) is 26.7 Å². The van der Waals surface area contributed by atoms with Gasteiger partial charge in [0.15, 0.2) is 0 Å². The molecule has 1 rings (SSSR count). The highest BCUT2D eigenvalue weighted by molar-refractivity contribution is 9.09. The molecule has 2 atom stereocenters. The third-order valence-corrected chi connectivity index (χ3v) is 4.25. The van der Waals surface area contributed by atoms with E-state index in [1.807, 2.05) is 6.92 Å². The fourth-order valence-corrected chi connectivity index (χ4v) is 2.31. The predicted octanol–water partition coefficient (Wildman–Crippen LogP) is 2.11. The van der Waals surface area contributed by atoms with Crippen molar-refractivity contribution in [1.29, 1.82) is 0 Å². The molecule has 1 aliphatic heterocycles. The molecule has 3 heteroatoms. The highest BCUT2D eigenvalue weighted by atomic mass is 79.9. The topological polar surface area (TPSA) is 23.5 Å². The summed E-state index contributed by atoms with van der Waals surface area (Å²) >= 11 is 3.51. The molecule has 0 spiro atoms. The van der Waals surface area contributed by atoms with E-state index in [0.29, 0.717) is 5.92 Å². The zero-order chi connectivity index (χ0) is 10.6. The van der Waals surface area contributed by atoms with Gasteiger partial charge in [0.1, 0.15) is 0 Å². The lowest BCUT2D eigenvalue weighted by Gasteiger charge is -2.34. The zero-order valence-corrected chi connectivity index (χ0v) is 10.8. The summed E-state index contributed by atoms with van der Waals surface area (Å²) in [5, 5.41) is 10.6. The van der Waals surface area contributed by atoms with E-state index in [2.05, 4.69) is 27.8 Å². The first-order chi connectivity index (χ1) is 6.63. The quantitative estimate of drug-likeness (QED) is 0.786. The molecule has 0 aromatic rings. The molecule has 2 nitrogen and oxygen atoms in total. The molecule has 0 aromatic carbocycles. The Labute approximate surface area is 95.8 Å². The molecule has 0 aliphatic carbocycles. The Balaban J connectivity index is 2.22. The minimum atomic E-state index is -0.120. The van der Waals surface area contributed by atoms with Crippen LogP contribution in [0.15, 0.2) is 0 Å². The molecule has 1 N–H and O–H groups in total. The third kappa shape index (κ3) is 3.87. The average molecular weight is 264 g/mol. The Morgan fingerprint density at radius 3 is 2.36 bits per heavy atom. The minimum absolute atomic E-state index is 0.120. The number of likely N-dealkylation sites (tertiary alicyclic amines) is 1. The van der Waals surface area contributed by atoms with Gasteiger partial charge in [-0.15, -0.1) is 0 Å². The molecule has 2 unspecified atom stereocenters. The first kappa shape index (κ1) is 12.5. The standard InChI is InChI=1S/C11H22BrNO/c1-9(7-12)8-13-5-3-11(4-6-13)10(2)14/h9-11,14H,3-8H2,1-2H3. The second kappa shape index (κ2) is 6.09. The molecule has 0 amide bonds. The normalized spacial score (nSPS) is 24.9. The van der Waals surface area contributed by atoms with Crippen LogP contribution in [-0.2, 0) is 0 Å². The van der Waals surface area contributed by atoms with Crippen molar-refractivity contribution in [3.8, 4) is 0 Å². The summed E-state index contributed by atoms with van der Waals surface area (Å²) in [7, 11) is 0. The van der Waals surface area contributed by atoms with Crippen molar-refractivity contribution in [2.75, 3.05) is 25.0 Å². The Morgan fingerprint density at radius 1 is 1.36 bits per heavy atom. The molecule has 0 radical (unpaired) electrons. The van der Waals surface area contributed by atoms with Crippen LogP contribution in [0, 0.1) is 11.8 Å². The largest absolute Gasteiger partial charge is 0.393 e. The number of halogens is 1. The fraction of sp³-hybridized carbons (Fsp3) is 1.00. The van der Waals surface area contributed by atoms with Crippen molar-refractivity contribution in [3.05, 3.63) is 0 Å². The highest BCUT2D eigenvalue weighted by Crippen LogP contribution is 2.21. The molecule has 0 saturated carbocycles. The lowest BCUT2D eigenvalue weighted by Crippen LogP contribution is -2.39. The number of piperidine rings is 1. The van der Waals surface area contributed by atoms with Gasteiger partial charge in [0, 0.05) is 11.9 Å². The van der Waals surface area contributed by atoms with Crippen molar-refractivity contribution >= 4 is 15.9 Å². The summed E-state index contributed by atoms with van der Waals surface area (Å²) in [6, 6.07) is 0. The van der Waals surface area contributed by atoms with Crippen LogP contribution in [0.3, 0.4) is 0 Å². The summed E-state index contributed by atoms with van der Waals surface area (Å²) in [5.74, 6) is 1.27. The van der Waals surface area contributed by atoms with Gasteiger partial charge in [0.2, 0.25) is 0 Å². The van der Waals surface area contributed by atoms with Gasteiger partial charge in [-0.25, -0.2) is 0 Å². The van der Waals surface area contributed by atoms with Gasteiger partial charge in [-0.1, -0.05) is 22.9 Å². The first-order valence-corrected chi connectivity index (χ1v) is 6.72. The maximum Gasteiger partial charge on any atom is 0.0541 e. The molecule has 84 valence electrons. The maximum absolute atomic E-state index is 9.47. The minimum Gasteiger partial charge on any atom is -0.393 e. The maximum atomic E-state index is 9.47. The van der Waals surface area contributed by atoms with Crippen LogP contribution >= 0.6 is 15.9 Å². The van der Waals surface area contributed by atoms with Crippen molar-refractivity contribution in [1.82, 2.24) is 4.90 Å². The van der Waals surface area contributed by atoms with E-state index in [1.54, 1.807) is 0 Å². The van der Waals surface area contributed by atoms with Crippen LogP contribution in [-0.4, -0.2) is 41.1 Å². The third-order valence-electron chi connectivity index (χ3n) is 3.15. The molecule has 1 saturated heterocycles. The van der Waals surface area contributed by atoms with E-state index in [1.165, 1.54) is 6.54 Å². The van der Waals surface area contributed by atoms with Crippen LogP contribution in [0.2, 0.25) is 0 Å². The fourth-order valence-electron chi connectivity index (χ4n) is 2.11. The van der Waals surface area contributed by atoms with E-state index in [4.69, 9.17) is 0 Å². The monoisotopic (exact) mass is 263 g/mol. The average Bonchev–Trinajstić information content (AvgIpc) is 2.18. The number of nitrogens with zero attached hydrogens (tertiary/aromatic N) is 1. The molecular formula is C11H22BrNO. The van der Waals surface area contributed by atoms with Gasteiger partial charge in [0.05, 0.1) is 6.10 Å². The predicted molar refractivity (Wildman–Crippen MR) is 63.8 cm³/mol. The summed E-state index contributed by atoms with van der Waals surface area (Å²) in [5.41, 5.74) is 0. The van der Waals surface area contributed by atoms with Crippen LogP contribution < -0.4 is 0 Å². The molecule has 0 aromatic heterocycles. The van der Waals surface area contributed by atoms with Gasteiger partial charge in [-0.05, 0) is 44.7 Å². The summed E-state index contributed by atoms with van der Waals surface area (Å²) in [6.45, 7) is 7.70. The van der Waals surface area contributed by atoms with Gasteiger partial charge in [0.25, 0.3) is 0 Å². The number of aliphatic hydroxyl groups excluding tert-OH is 1. The molecule has 0 bridgehead atoms. The molecule has 1 fully saturated rings. The zero-order valence-electron chi connectivity index (χ0n) is 9.25. The molecule has 14 heavy (non-hydrogen) atoms. The van der Waals surface area contributed by atoms with Gasteiger partial charge >= 0.3 is 0 Å².